The summed E-state index contributed by atoms with van der Waals surface area (Å²) >= 11 is 1.46. The summed E-state index contributed by atoms with van der Waals surface area (Å²) in [5.41, 5.74) is 1.49. The molecule has 0 atom stereocenters. The Morgan fingerprint density at radius 2 is 2.15 bits per heavy atom. The van der Waals surface area contributed by atoms with E-state index in [2.05, 4.69) is 20.6 Å². The highest BCUT2D eigenvalue weighted by atomic mass is 32.1. The summed E-state index contributed by atoms with van der Waals surface area (Å²) in [6, 6.07) is 3.58. The van der Waals surface area contributed by atoms with E-state index in [1.54, 1.807) is 12.3 Å². The lowest BCUT2D eigenvalue weighted by atomic mass is 10.2. The molecule has 0 fully saturated rings. The lowest BCUT2D eigenvalue weighted by Crippen LogP contribution is -2.13. The molecule has 0 radical (unpaired) electrons. The van der Waals surface area contributed by atoms with E-state index in [0.29, 0.717) is 10.7 Å². The molecule has 106 valence electrons. The van der Waals surface area contributed by atoms with Gasteiger partial charge in [0, 0.05) is 28.9 Å². The van der Waals surface area contributed by atoms with E-state index >= 15 is 0 Å². The van der Waals surface area contributed by atoms with Crippen molar-refractivity contribution in [3.63, 3.8) is 0 Å². The van der Waals surface area contributed by atoms with Gasteiger partial charge in [-0.2, -0.15) is 0 Å². The number of aryl methyl sites for hydroxylation is 2. The highest BCUT2D eigenvalue weighted by molar-refractivity contribution is 7.15. The normalized spacial score (nSPS) is 10.3. The van der Waals surface area contributed by atoms with E-state index in [-0.39, 0.29) is 5.91 Å². The van der Waals surface area contributed by atoms with Crippen LogP contribution in [0.2, 0.25) is 0 Å². The molecule has 6 heteroatoms. The van der Waals surface area contributed by atoms with Crippen LogP contribution in [0.1, 0.15) is 34.8 Å². The maximum Gasteiger partial charge on any atom is 0.257 e. The smallest absolute Gasteiger partial charge is 0.257 e. The van der Waals surface area contributed by atoms with Crippen molar-refractivity contribution in [2.75, 3.05) is 17.2 Å². The average Bonchev–Trinajstić information content (AvgIpc) is 2.84. The lowest BCUT2D eigenvalue weighted by molar-refractivity contribution is 0.102. The molecule has 0 aliphatic rings. The minimum absolute atomic E-state index is 0.157. The summed E-state index contributed by atoms with van der Waals surface area (Å²) in [7, 11) is 0. The third kappa shape index (κ3) is 3.54. The van der Waals surface area contributed by atoms with E-state index in [1.807, 2.05) is 26.8 Å². The standard InChI is InChI=1S/C14H18N4OS/c1-4-11-6-10(7-12(17-11)15-5-2)13(19)18-14-16-8-9(3)20-14/h6-8H,4-5H2,1-3H3,(H,15,17)(H,16,18,19). The Bertz CT molecular complexity index is 609. The molecule has 2 rings (SSSR count). The monoisotopic (exact) mass is 290 g/mol. The first-order valence-corrected chi connectivity index (χ1v) is 7.42. The summed E-state index contributed by atoms with van der Waals surface area (Å²) in [5.74, 6) is 0.572. The van der Waals surface area contributed by atoms with E-state index in [1.165, 1.54) is 11.3 Å². The molecule has 2 heterocycles. The van der Waals surface area contributed by atoms with Crippen molar-refractivity contribution >= 4 is 28.2 Å². The molecule has 0 bridgehead atoms. The fourth-order valence-corrected chi connectivity index (χ4v) is 2.41. The topological polar surface area (TPSA) is 66.9 Å². The summed E-state index contributed by atoms with van der Waals surface area (Å²) < 4.78 is 0. The van der Waals surface area contributed by atoms with Gasteiger partial charge in [-0.05, 0) is 32.4 Å². The second-order valence-electron chi connectivity index (χ2n) is 4.35. The van der Waals surface area contributed by atoms with Crippen molar-refractivity contribution < 1.29 is 4.79 Å². The van der Waals surface area contributed by atoms with Crippen LogP contribution in [0.15, 0.2) is 18.3 Å². The molecule has 0 saturated carbocycles. The van der Waals surface area contributed by atoms with Gasteiger partial charge in [0.05, 0.1) is 0 Å². The van der Waals surface area contributed by atoms with Gasteiger partial charge in [-0.15, -0.1) is 11.3 Å². The highest BCUT2D eigenvalue weighted by Crippen LogP contribution is 2.18. The maximum atomic E-state index is 12.2. The predicted molar refractivity (Wildman–Crippen MR) is 82.6 cm³/mol. The number of thiazole rings is 1. The van der Waals surface area contributed by atoms with Gasteiger partial charge in [0.15, 0.2) is 5.13 Å². The van der Waals surface area contributed by atoms with Crippen LogP contribution in [0.5, 0.6) is 0 Å². The number of rotatable bonds is 5. The molecular weight excluding hydrogens is 272 g/mol. The number of pyridine rings is 1. The molecule has 20 heavy (non-hydrogen) atoms. The Balaban J connectivity index is 2.21. The molecule has 1 amide bonds. The number of nitrogens with one attached hydrogen (secondary N) is 2. The van der Waals surface area contributed by atoms with Gasteiger partial charge in [0.1, 0.15) is 5.82 Å². The van der Waals surface area contributed by atoms with Crippen LogP contribution in [-0.4, -0.2) is 22.4 Å². The summed E-state index contributed by atoms with van der Waals surface area (Å²) in [6.45, 7) is 6.74. The number of amides is 1. The number of carbonyl (C=O) groups is 1. The third-order valence-corrected chi connectivity index (χ3v) is 3.53. The van der Waals surface area contributed by atoms with Gasteiger partial charge in [-0.1, -0.05) is 6.92 Å². The fraction of sp³-hybridized carbons (Fsp3) is 0.357. The number of carbonyl (C=O) groups excluding carboxylic acids is 1. The number of hydrogen-bond acceptors (Lipinski definition) is 5. The number of nitrogens with zero attached hydrogens (tertiary/aromatic N) is 2. The van der Waals surface area contributed by atoms with Crippen molar-refractivity contribution in [2.24, 2.45) is 0 Å². The fourth-order valence-electron chi connectivity index (χ4n) is 1.75. The van der Waals surface area contributed by atoms with Gasteiger partial charge in [0.2, 0.25) is 0 Å². The first-order chi connectivity index (χ1) is 9.62. The molecule has 2 aromatic heterocycles. The average molecular weight is 290 g/mol. The minimum Gasteiger partial charge on any atom is -0.370 e. The van der Waals surface area contributed by atoms with Crippen LogP contribution >= 0.6 is 11.3 Å². The Kier molecular flexibility index (Phi) is 4.68. The highest BCUT2D eigenvalue weighted by Gasteiger charge is 2.11. The van der Waals surface area contributed by atoms with Crippen LogP contribution < -0.4 is 10.6 Å². The van der Waals surface area contributed by atoms with Crippen molar-refractivity contribution in [1.29, 1.82) is 0 Å². The van der Waals surface area contributed by atoms with Crippen LogP contribution in [0.25, 0.3) is 0 Å². The van der Waals surface area contributed by atoms with E-state index in [0.717, 1.165) is 29.4 Å². The lowest BCUT2D eigenvalue weighted by Gasteiger charge is -2.08. The molecular formula is C14H18N4OS. The quantitative estimate of drug-likeness (QED) is 0.888. The Morgan fingerprint density at radius 1 is 1.35 bits per heavy atom. The molecule has 0 aliphatic carbocycles. The Hall–Kier alpha value is -1.95. The molecule has 2 aromatic rings. The zero-order valence-electron chi connectivity index (χ0n) is 11.9. The molecule has 0 aromatic carbocycles. The number of hydrogen-bond donors (Lipinski definition) is 2. The van der Waals surface area contributed by atoms with Gasteiger partial charge in [-0.25, -0.2) is 9.97 Å². The largest absolute Gasteiger partial charge is 0.370 e. The predicted octanol–water partition coefficient (Wildman–Crippen LogP) is 3.09. The van der Waals surface area contributed by atoms with Crippen LogP contribution in [0, 0.1) is 6.92 Å². The van der Waals surface area contributed by atoms with Crippen LogP contribution in [0.4, 0.5) is 10.9 Å². The molecule has 5 nitrogen and oxygen atoms in total. The molecule has 0 aliphatic heterocycles. The first-order valence-electron chi connectivity index (χ1n) is 6.61. The van der Waals surface area contributed by atoms with E-state index < -0.39 is 0 Å². The zero-order chi connectivity index (χ0) is 14.5. The van der Waals surface area contributed by atoms with E-state index in [9.17, 15) is 4.79 Å². The summed E-state index contributed by atoms with van der Waals surface area (Å²) in [6.07, 6.45) is 2.53. The van der Waals surface area contributed by atoms with Crippen molar-refractivity contribution in [3.8, 4) is 0 Å². The van der Waals surface area contributed by atoms with Crippen molar-refractivity contribution in [3.05, 3.63) is 34.5 Å². The van der Waals surface area contributed by atoms with Gasteiger partial charge in [-0.3, -0.25) is 10.1 Å². The van der Waals surface area contributed by atoms with Crippen molar-refractivity contribution in [1.82, 2.24) is 9.97 Å². The molecule has 0 unspecified atom stereocenters. The summed E-state index contributed by atoms with van der Waals surface area (Å²) in [4.78, 5) is 21.9. The third-order valence-electron chi connectivity index (χ3n) is 2.70. The van der Waals surface area contributed by atoms with E-state index in [4.69, 9.17) is 0 Å². The Labute approximate surface area is 122 Å². The molecule has 0 saturated heterocycles. The maximum absolute atomic E-state index is 12.2. The molecule has 0 spiro atoms. The van der Waals surface area contributed by atoms with Gasteiger partial charge < -0.3 is 5.32 Å². The zero-order valence-corrected chi connectivity index (χ0v) is 12.7. The van der Waals surface area contributed by atoms with Crippen molar-refractivity contribution in [2.45, 2.75) is 27.2 Å². The molecule has 2 N–H and O–H groups in total. The SMILES string of the molecule is CCNc1cc(C(=O)Nc2ncc(C)s2)cc(CC)n1. The summed E-state index contributed by atoms with van der Waals surface area (Å²) in [5, 5.41) is 6.57. The van der Waals surface area contributed by atoms with Gasteiger partial charge >= 0.3 is 0 Å². The number of aromatic nitrogens is 2. The van der Waals surface area contributed by atoms with Gasteiger partial charge in [0.25, 0.3) is 5.91 Å². The van der Waals surface area contributed by atoms with Crippen LogP contribution in [-0.2, 0) is 6.42 Å². The second kappa shape index (κ2) is 6.47. The Morgan fingerprint density at radius 3 is 2.75 bits per heavy atom. The first kappa shape index (κ1) is 14.5. The van der Waals surface area contributed by atoms with Crippen LogP contribution in [0.3, 0.4) is 0 Å². The minimum atomic E-state index is -0.157. The second-order valence-corrected chi connectivity index (χ2v) is 5.58. The number of anilines is 2.